The minimum absolute atomic E-state index is 0.176. The number of nitrogens with zero attached hydrogens (tertiary/aromatic N) is 5. The van der Waals surface area contributed by atoms with Crippen LogP contribution in [0.5, 0.6) is 0 Å². The van der Waals surface area contributed by atoms with Gasteiger partial charge in [0.15, 0.2) is 11.0 Å². The second-order valence-electron chi connectivity index (χ2n) is 6.66. The van der Waals surface area contributed by atoms with Gasteiger partial charge in [-0.25, -0.2) is 0 Å². The zero-order valence-electron chi connectivity index (χ0n) is 15.6. The van der Waals surface area contributed by atoms with Gasteiger partial charge >= 0.3 is 0 Å². The maximum atomic E-state index is 12.2. The van der Waals surface area contributed by atoms with Crippen LogP contribution in [0.3, 0.4) is 0 Å². The lowest BCUT2D eigenvalue weighted by Crippen LogP contribution is -2.32. The van der Waals surface area contributed by atoms with Gasteiger partial charge in [-0.2, -0.15) is 0 Å². The van der Waals surface area contributed by atoms with E-state index >= 15 is 0 Å². The van der Waals surface area contributed by atoms with Gasteiger partial charge < -0.3 is 19.2 Å². The standard InChI is InChI=1S/C18H22N6O3S/c1-13-10-15(22-27-13)19-16(25)12-28-18-21-20-17(23-7-3-2-4-8-23)24(18)11-14-6-5-9-26-14/h5-6,9-10H,2-4,7-8,11-12H2,1H3,(H,19,22,25). The summed E-state index contributed by atoms with van der Waals surface area (Å²) < 4.78 is 12.5. The number of thioether (sulfide) groups is 1. The smallest absolute Gasteiger partial charge is 0.236 e. The van der Waals surface area contributed by atoms with E-state index in [9.17, 15) is 4.79 Å². The second kappa shape index (κ2) is 8.51. The number of amides is 1. The highest BCUT2D eigenvalue weighted by Crippen LogP contribution is 2.26. The van der Waals surface area contributed by atoms with Crippen LogP contribution in [0.1, 0.15) is 30.8 Å². The molecule has 1 fully saturated rings. The van der Waals surface area contributed by atoms with E-state index in [0.29, 0.717) is 23.3 Å². The first-order valence-corrected chi connectivity index (χ1v) is 10.2. The summed E-state index contributed by atoms with van der Waals surface area (Å²) in [5.41, 5.74) is 0. The van der Waals surface area contributed by atoms with Crippen LogP contribution in [-0.4, -0.2) is 44.7 Å². The zero-order valence-corrected chi connectivity index (χ0v) is 16.4. The Hall–Kier alpha value is -2.75. The molecule has 0 bridgehead atoms. The van der Waals surface area contributed by atoms with Crippen molar-refractivity contribution < 1.29 is 13.7 Å². The molecule has 1 aliphatic heterocycles. The molecule has 3 aromatic heterocycles. The highest BCUT2D eigenvalue weighted by molar-refractivity contribution is 7.99. The van der Waals surface area contributed by atoms with E-state index in [0.717, 1.165) is 37.6 Å². The summed E-state index contributed by atoms with van der Waals surface area (Å²) in [6.45, 7) is 4.23. The van der Waals surface area contributed by atoms with Crippen LogP contribution < -0.4 is 10.2 Å². The van der Waals surface area contributed by atoms with Gasteiger partial charge in [-0.15, -0.1) is 10.2 Å². The van der Waals surface area contributed by atoms with Crippen molar-refractivity contribution in [3.63, 3.8) is 0 Å². The molecule has 0 radical (unpaired) electrons. The monoisotopic (exact) mass is 402 g/mol. The van der Waals surface area contributed by atoms with Gasteiger partial charge in [0.25, 0.3) is 0 Å². The number of nitrogens with one attached hydrogen (secondary N) is 1. The van der Waals surface area contributed by atoms with Crippen molar-refractivity contribution in [2.24, 2.45) is 0 Å². The molecule has 0 unspecified atom stereocenters. The number of furan rings is 1. The quantitative estimate of drug-likeness (QED) is 0.602. The fraction of sp³-hybridized carbons (Fsp3) is 0.444. The van der Waals surface area contributed by atoms with Crippen molar-refractivity contribution in [3.8, 4) is 0 Å². The van der Waals surface area contributed by atoms with Crippen LogP contribution in [0.4, 0.5) is 11.8 Å². The number of carbonyl (C=O) groups excluding carboxylic acids is 1. The van der Waals surface area contributed by atoms with Gasteiger partial charge in [-0.1, -0.05) is 16.9 Å². The first-order valence-electron chi connectivity index (χ1n) is 9.25. The Balaban J connectivity index is 1.47. The van der Waals surface area contributed by atoms with Crippen molar-refractivity contribution in [2.45, 2.75) is 37.9 Å². The van der Waals surface area contributed by atoms with E-state index in [1.807, 2.05) is 16.7 Å². The lowest BCUT2D eigenvalue weighted by atomic mass is 10.1. The van der Waals surface area contributed by atoms with Gasteiger partial charge in [-0.3, -0.25) is 9.36 Å². The van der Waals surface area contributed by atoms with Crippen molar-refractivity contribution >= 4 is 29.4 Å². The molecule has 148 valence electrons. The Morgan fingerprint density at radius 2 is 2.14 bits per heavy atom. The topological polar surface area (TPSA) is 102 Å². The van der Waals surface area contributed by atoms with Gasteiger partial charge in [0, 0.05) is 19.2 Å². The van der Waals surface area contributed by atoms with Crippen LogP contribution in [0.25, 0.3) is 0 Å². The van der Waals surface area contributed by atoms with E-state index in [4.69, 9.17) is 8.94 Å². The third-order valence-electron chi connectivity index (χ3n) is 4.46. The number of aryl methyl sites for hydroxylation is 1. The molecule has 0 atom stereocenters. The van der Waals surface area contributed by atoms with Gasteiger partial charge in [0.1, 0.15) is 11.5 Å². The lowest BCUT2D eigenvalue weighted by Gasteiger charge is -2.27. The fourth-order valence-electron chi connectivity index (χ4n) is 3.15. The Labute approximate surface area is 166 Å². The molecule has 9 nitrogen and oxygen atoms in total. The normalized spacial score (nSPS) is 14.4. The molecule has 1 aliphatic rings. The van der Waals surface area contributed by atoms with E-state index < -0.39 is 0 Å². The first kappa shape index (κ1) is 18.6. The average Bonchev–Trinajstić information content (AvgIpc) is 3.44. The maximum absolute atomic E-state index is 12.2. The molecule has 1 N–H and O–H groups in total. The molecule has 28 heavy (non-hydrogen) atoms. The summed E-state index contributed by atoms with van der Waals surface area (Å²) >= 11 is 1.34. The SMILES string of the molecule is Cc1cc(NC(=O)CSc2nnc(N3CCCCC3)n2Cc2ccco2)no1. The summed E-state index contributed by atoms with van der Waals surface area (Å²) in [4.78, 5) is 14.5. The van der Waals surface area contributed by atoms with Crippen LogP contribution in [0, 0.1) is 6.92 Å². The number of piperidine rings is 1. The van der Waals surface area contributed by atoms with Gasteiger partial charge in [-0.05, 0) is 38.3 Å². The molecule has 0 spiro atoms. The summed E-state index contributed by atoms with van der Waals surface area (Å²) in [5, 5.41) is 15.9. The summed E-state index contributed by atoms with van der Waals surface area (Å²) in [6, 6.07) is 5.46. The van der Waals surface area contributed by atoms with Gasteiger partial charge in [0.05, 0.1) is 18.6 Å². The molecule has 1 amide bonds. The number of anilines is 2. The van der Waals surface area contributed by atoms with Crippen LogP contribution >= 0.6 is 11.8 Å². The van der Waals surface area contributed by atoms with Crippen molar-refractivity contribution in [3.05, 3.63) is 36.0 Å². The Morgan fingerprint density at radius 3 is 2.86 bits per heavy atom. The average molecular weight is 402 g/mol. The lowest BCUT2D eigenvalue weighted by molar-refractivity contribution is -0.113. The van der Waals surface area contributed by atoms with Crippen molar-refractivity contribution in [2.75, 3.05) is 29.1 Å². The molecule has 1 saturated heterocycles. The fourth-order valence-corrected chi connectivity index (χ4v) is 3.88. The Morgan fingerprint density at radius 1 is 1.29 bits per heavy atom. The summed E-state index contributed by atoms with van der Waals surface area (Å²) in [5.74, 6) is 2.72. The molecule has 0 aromatic carbocycles. The summed E-state index contributed by atoms with van der Waals surface area (Å²) in [7, 11) is 0. The van der Waals surface area contributed by atoms with Crippen LogP contribution in [0.15, 0.2) is 38.6 Å². The molecular formula is C18H22N6O3S. The molecule has 4 heterocycles. The van der Waals surface area contributed by atoms with E-state index in [2.05, 4.69) is 25.6 Å². The van der Waals surface area contributed by atoms with E-state index in [1.54, 1.807) is 19.3 Å². The molecule has 3 aromatic rings. The predicted octanol–water partition coefficient (Wildman–Crippen LogP) is 2.94. The highest BCUT2D eigenvalue weighted by atomic mass is 32.2. The van der Waals surface area contributed by atoms with E-state index in [-0.39, 0.29) is 11.7 Å². The number of rotatable bonds is 7. The number of hydrogen-bond donors (Lipinski definition) is 1. The van der Waals surface area contributed by atoms with E-state index in [1.165, 1.54) is 18.2 Å². The number of aromatic nitrogens is 4. The maximum Gasteiger partial charge on any atom is 0.236 e. The van der Waals surface area contributed by atoms with Crippen LogP contribution in [-0.2, 0) is 11.3 Å². The number of carbonyl (C=O) groups is 1. The minimum atomic E-state index is -0.176. The number of hydrogen-bond acceptors (Lipinski definition) is 8. The third-order valence-corrected chi connectivity index (χ3v) is 5.42. The third kappa shape index (κ3) is 4.38. The molecule has 4 rings (SSSR count). The molecule has 0 aliphatic carbocycles. The van der Waals surface area contributed by atoms with Crippen molar-refractivity contribution in [1.29, 1.82) is 0 Å². The second-order valence-corrected chi connectivity index (χ2v) is 7.60. The zero-order chi connectivity index (χ0) is 19.3. The predicted molar refractivity (Wildman–Crippen MR) is 104 cm³/mol. The molecule has 0 saturated carbocycles. The largest absolute Gasteiger partial charge is 0.467 e. The Kier molecular flexibility index (Phi) is 5.65. The highest BCUT2D eigenvalue weighted by Gasteiger charge is 2.22. The Bertz CT molecular complexity index is 914. The van der Waals surface area contributed by atoms with Crippen LogP contribution in [0.2, 0.25) is 0 Å². The summed E-state index contributed by atoms with van der Waals surface area (Å²) in [6.07, 6.45) is 5.19. The molecular weight excluding hydrogens is 380 g/mol. The first-order chi connectivity index (χ1) is 13.7. The van der Waals surface area contributed by atoms with Gasteiger partial charge in [0.2, 0.25) is 11.9 Å². The van der Waals surface area contributed by atoms with Crippen molar-refractivity contribution in [1.82, 2.24) is 19.9 Å². The minimum Gasteiger partial charge on any atom is -0.467 e. The molecule has 10 heteroatoms.